The number of rotatable bonds is 88. The molecule has 642 valence electrons. The topological polar surface area (TPSA) is 237 Å². The van der Waals surface area contributed by atoms with Gasteiger partial charge in [0.25, 0.3) is 0 Å². The molecule has 3 unspecified atom stereocenters. The molecule has 0 radical (unpaired) electrons. The summed E-state index contributed by atoms with van der Waals surface area (Å²) in [5.74, 6) is -0.425. The summed E-state index contributed by atoms with van der Waals surface area (Å²) in [6.07, 6.45) is 73.4. The van der Waals surface area contributed by atoms with Gasteiger partial charge >= 0.3 is 39.5 Å². The smallest absolute Gasteiger partial charge is 0.462 e. The molecule has 0 rings (SSSR count). The van der Waals surface area contributed by atoms with Crippen molar-refractivity contribution in [3.8, 4) is 0 Å². The minimum Gasteiger partial charge on any atom is -0.462 e. The van der Waals surface area contributed by atoms with Crippen molar-refractivity contribution in [1.29, 1.82) is 0 Å². The predicted octanol–water partition coefficient (Wildman–Crippen LogP) is 27.4. The predicted molar refractivity (Wildman–Crippen MR) is 446 cm³/mol. The van der Waals surface area contributed by atoms with Crippen LogP contribution in [0.5, 0.6) is 0 Å². The van der Waals surface area contributed by atoms with Gasteiger partial charge in [-0.25, -0.2) is 9.13 Å². The van der Waals surface area contributed by atoms with Gasteiger partial charge in [0.2, 0.25) is 0 Å². The third kappa shape index (κ3) is 80.7. The maximum atomic E-state index is 13.2. The van der Waals surface area contributed by atoms with Gasteiger partial charge < -0.3 is 33.8 Å². The summed E-state index contributed by atoms with van der Waals surface area (Å²) >= 11 is 0. The molecule has 19 heteroatoms. The van der Waals surface area contributed by atoms with E-state index in [9.17, 15) is 43.2 Å². The molecule has 0 amide bonds. The fraction of sp³-hybridized carbons (Fsp3) is 0.955. The van der Waals surface area contributed by atoms with E-state index in [1.54, 1.807) is 0 Å². The van der Waals surface area contributed by atoms with Crippen LogP contribution in [-0.2, 0) is 65.4 Å². The second kappa shape index (κ2) is 80.3. The highest BCUT2D eigenvalue weighted by Crippen LogP contribution is 2.45. The van der Waals surface area contributed by atoms with Crippen molar-refractivity contribution in [2.75, 3.05) is 39.6 Å². The van der Waals surface area contributed by atoms with Gasteiger partial charge in [-0.15, -0.1) is 0 Å². The summed E-state index contributed by atoms with van der Waals surface area (Å²) in [4.78, 5) is 73.4. The SMILES string of the molecule is CCCCCCCCCCCCCCCCCCC(=O)O[C@H](COC(=O)CCCCCCCCCCCCCCC)COP(=O)(O)OC[C@H](O)COP(=O)(O)OC[C@@H](COC(=O)CCCCCCCCCCCCCCCCC(C)C)OC(=O)CCCCCCCCCCCCCCCCCCCCC(C)CC. The molecule has 0 aliphatic rings. The van der Waals surface area contributed by atoms with Crippen LogP contribution in [0.2, 0.25) is 0 Å². The molecule has 0 bridgehead atoms. The van der Waals surface area contributed by atoms with Gasteiger partial charge in [0.05, 0.1) is 26.4 Å². The molecule has 0 aromatic heterocycles. The summed E-state index contributed by atoms with van der Waals surface area (Å²) in [5.41, 5.74) is 0. The van der Waals surface area contributed by atoms with E-state index in [-0.39, 0.29) is 25.7 Å². The molecule has 0 aliphatic carbocycles. The minimum atomic E-state index is -4.97. The molecule has 6 atom stereocenters. The van der Waals surface area contributed by atoms with E-state index >= 15 is 0 Å². The lowest BCUT2D eigenvalue weighted by molar-refractivity contribution is -0.161. The van der Waals surface area contributed by atoms with Crippen LogP contribution in [0.25, 0.3) is 0 Å². The lowest BCUT2D eigenvalue weighted by Crippen LogP contribution is -2.30. The van der Waals surface area contributed by atoms with Crippen LogP contribution in [0, 0.1) is 11.8 Å². The van der Waals surface area contributed by atoms with E-state index in [2.05, 4.69) is 41.5 Å². The number of hydrogen-bond donors (Lipinski definition) is 3. The first-order chi connectivity index (χ1) is 52.4. The zero-order valence-electron chi connectivity index (χ0n) is 71.2. The highest BCUT2D eigenvalue weighted by Gasteiger charge is 2.31. The number of carbonyl (C=O) groups excluding carboxylic acids is 4. The van der Waals surface area contributed by atoms with Gasteiger partial charge in [0, 0.05) is 25.7 Å². The van der Waals surface area contributed by atoms with Crippen molar-refractivity contribution in [2.45, 2.75) is 496 Å². The Labute approximate surface area is 664 Å². The zero-order chi connectivity index (χ0) is 79.2. The van der Waals surface area contributed by atoms with Crippen LogP contribution in [0.1, 0.15) is 478 Å². The fourth-order valence-electron chi connectivity index (χ4n) is 13.9. The van der Waals surface area contributed by atoms with E-state index in [1.807, 2.05) is 0 Å². The molecule has 0 aromatic rings. The molecule has 0 aliphatic heterocycles. The number of phosphoric acid groups is 2. The second-order valence-electron chi connectivity index (χ2n) is 32.7. The standard InChI is InChI=1S/C89H174O17P2/c1-7-10-12-14-16-18-20-22-23-29-37-43-49-55-61-67-73-88(93)105-84(77-99-86(91)71-65-59-53-47-41-33-21-19-17-15-13-11-8-2)79-103-107(95,96)101-75-83(90)76-102-108(97,98)104-80-85(78-100-87(92)72-66-60-54-48-42-36-32-31-34-39-45-51-57-63-69-81(4)5)106-89(94)74-68-62-56-50-44-38-30-27-25-24-26-28-35-40-46-52-58-64-70-82(6)9-3/h81-85,90H,7-80H2,1-6H3,(H,95,96)(H,97,98)/t82?,83-,84+,85+/m0/s1. The average Bonchev–Trinajstić information content (AvgIpc) is 0.899. The van der Waals surface area contributed by atoms with Gasteiger partial charge in [0.1, 0.15) is 19.3 Å². The van der Waals surface area contributed by atoms with E-state index in [4.69, 9.17) is 37.0 Å². The Morgan fingerprint density at radius 3 is 0.704 bits per heavy atom. The molecule has 0 spiro atoms. The van der Waals surface area contributed by atoms with Gasteiger partial charge in [-0.2, -0.15) is 0 Å². The number of hydrogen-bond acceptors (Lipinski definition) is 15. The molecule has 0 saturated heterocycles. The van der Waals surface area contributed by atoms with Crippen LogP contribution in [0.3, 0.4) is 0 Å². The zero-order valence-corrected chi connectivity index (χ0v) is 73.0. The third-order valence-corrected chi connectivity index (χ3v) is 23.2. The Kier molecular flexibility index (Phi) is 78.8. The van der Waals surface area contributed by atoms with E-state index in [0.717, 1.165) is 102 Å². The summed E-state index contributed by atoms with van der Waals surface area (Å²) in [6.45, 7) is 9.79. The van der Waals surface area contributed by atoms with E-state index in [1.165, 1.54) is 295 Å². The highest BCUT2D eigenvalue weighted by atomic mass is 31.2. The van der Waals surface area contributed by atoms with Crippen molar-refractivity contribution in [3.63, 3.8) is 0 Å². The molecule has 3 N–H and O–H groups in total. The number of esters is 4. The lowest BCUT2D eigenvalue weighted by Gasteiger charge is -2.21. The van der Waals surface area contributed by atoms with Crippen molar-refractivity contribution in [3.05, 3.63) is 0 Å². The lowest BCUT2D eigenvalue weighted by atomic mass is 9.99. The Morgan fingerprint density at radius 1 is 0.269 bits per heavy atom. The molecule has 108 heavy (non-hydrogen) atoms. The highest BCUT2D eigenvalue weighted by molar-refractivity contribution is 7.47. The molecule has 0 aromatic carbocycles. The first-order valence-corrected chi connectivity index (χ1v) is 49.0. The van der Waals surface area contributed by atoms with E-state index in [0.29, 0.717) is 25.7 Å². The van der Waals surface area contributed by atoms with Gasteiger partial charge in [-0.05, 0) is 37.5 Å². The van der Waals surface area contributed by atoms with Crippen LogP contribution < -0.4 is 0 Å². The number of unbranched alkanes of at least 4 members (excludes halogenated alkanes) is 57. The molecule has 0 saturated carbocycles. The Hall–Kier alpha value is -1.94. The maximum Gasteiger partial charge on any atom is 0.472 e. The number of carbonyl (C=O) groups is 4. The van der Waals surface area contributed by atoms with Crippen LogP contribution in [-0.4, -0.2) is 96.7 Å². The van der Waals surface area contributed by atoms with Crippen molar-refractivity contribution >= 4 is 39.5 Å². The van der Waals surface area contributed by atoms with E-state index < -0.39 is 97.5 Å². The maximum absolute atomic E-state index is 13.2. The number of aliphatic hydroxyl groups excluding tert-OH is 1. The summed E-state index contributed by atoms with van der Waals surface area (Å²) in [5, 5.41) is 10.7. The fourth-order valence-corrected chi connectivity index (χ4v) is 15.5. The number of phosphoric ester groups is 2. The van der Waals surface area contributed by atoms with Gasteiger partial charge in [-0.1, -0.05) is 427 Å². The molecule has 0 heterocycles. The normalized spacial score (nSPS) is 14.0. The van der Waals surface area contributed by atoms with Crippen LogP contribution >= 0.6 is 15.6 Å². The first kappa shape index (κ1) is 106. The minimum absolute atomic E-state index is 0.109. The monoisotopic (exact) mass is 1580 g/mol. The summed E-state index contributed by atoms with van der Waals surface area (Å²) in [6, 6.07) is 0. The van der Waals surface area contributed by atoms with Crippen molar-refractivity contribution < 1.29 is 80.2 Å². The Balaban J connectivity index is 5.25. The third-order valence-electron chi connectivity index (χ3n) is 21.3. The number of aliphatic hydroxyl groups is 1. The van der Waals surface area contributed by atoms with Crippen molar-refractivity contribution in [2.24, 2.45) is 11.8 Å². The number of ether oxygens (including phenoxy) is 4. The average molecular weight is 1580 g/mol. The second-order valence-corrected chi connectivity index (χ2v) is 35.6. The van der Waals surface area contributed by atoms with Crippen molar-refractivity contribution in [1.82, 2.24) is 0 Å². The Morgan fingerprint density at radius 2 is 0.472 bits per heavy atom. The van der Waals surface area contributed by atoms with Crippen LogP contribution in [0.15, 0.2) is 0 Å². The first-order valence-electron chi connectivity index (χ1n) is 46.0. The molecule has 17 nitrogen and oxygen atoms in total. The van der Waals surface area contributed by atoms with Gasteiger partial charge in [0.15, 0.2) is 12.2 Å². The van der Waals surface area contributed by atoms with Crippen LogP contribution in [0.4, 0.5) is 0 Å². The summed E-state index contributed by atoms with van der Waals surface area (Å²) < 4.78 is 69.0. The Bertz CT molecular complexity index is 2070. The molecular weight excluding hydrogens is 1400 g/mol. The summed E-state index contributed by atoms with van der Waals surface area (Å²) in [7, 11) is -9.93. The van der Waals surface area contributed by atoms with Gasteiger partial charge in [-0.3, -0.25) is 37.3 Å². The quantitative estimate of drug-likeness (QED) is 0.0222. The molecule has 0 fully saturated rings. The molecular formula is C89H174O17P2. The largest absolute Gasteiger partial charge is 0.472 e.